The van der Waals surface area contributed by atoms with Gasteiger partial charge in [0.2, 0.25) is 0 Å². The van der Waals surface area contributed by atoms with E-state index in [4.69, 9.17) is 11.0 Å². The first-order valence-corrected chi connectivity index (χ1v) is 6.21. The van der Waals surface area contributed by atoms with E-state index in [1.54, 1.807) is 0 Å². The number of nitrogen functional groups attached to an aromatic ring is 1. The van der Waals surface area contributed by atoms with E-state index < -0.39 is 0 Å². The summed E-state index contributed by atoms with van der Waals surface area (Å²) >= 11 is 0. The van der Waals surface area contributed by atoms with Gasteiger partial charge in [0.15, 0.2) is 0 Å². The summed E-state index contributed by atoms with van der Waals surface area (Å²) in [5, 5.41) is 8.96. The Morgan fingerprint density at radius 1 is 1.41 bits per heavy atom. The van der Waals surface area contributed by atoms with Crippen molar-refractivity contribution in [3.05, 3.63) is 23.8 Å². The predicted molar refractivity (Wildman–Crippen MR) is 70.8 cm³/mol. The maximum Gasteiger partial charge on any atom is 0.101 e. The van der Waals surface area contributed by atoms with Crippen molar-refractivity contribution < 1.29 is 0 Å². The summed E-state index contributed by atoms with van der Waals surface area (Å²) in [4.78, 5) is 2.23. The summed E-state index contributed by atoms with van der Waals surface area (Å²) in [5.41, 5.74) is 7.94. The first-order valence-electron chi connectivity index (χ1n) is 6.21. The highest BCUT2D eigenvalue weighted by Crippen LogP contribution is 2.27. The van der Waals surface area contributed by atoms with Gasteiger partial charge in [-0.05, 0) is 37.0 Å². The van der Waals surface area contributed by atoms with E-state index in [2.05, 4.69) is 18.0 Å². The molecule has 0 saturated heterocycles. The summed E-state index contributed by atoms with van der Waals surface area (Å²) < 4.78 is 0. The quantitative estimate of drug-likeness (QED) is 0.811. The highest BCUT2D eigenvalue weighted by atomic mass is 15.1. The predicted octanol–water partition coefficient (Wildman–Crippen LogP) is 2.77. The monoisotopic (exact) mass is 229 g/mol. The number of benzene rings is 1. The van der Waals surface area contributed by atoms with Crippen LogP contribution in [0.4, 0.5) is 11.4 Å². The minimum Gasteiger partial charge on any atom is -0.398 e. The first kappa shape index (κ1) is 11.8. The van der Waals surface area contributed by atoms with Crippen LogP contribution in [0.1, 0.15) is 31.2 Å². The lowest BCUT2D eigenvalue weighted by atomic mass is 10.1. The van der Waals surface area contributed by atoms with Gasteiger partial charge in [-0.3, -0.25) is 0 Å². The van der Waals surface area contributed by atoms with Crippen LogP contribution in [0.3, 0.4) is 0 Å². The number of nitrogens with zero attached hydrogens (tertiary/aromatic N) is 2. The fourth-order valence-corrected chi connectivity index (χ4v) is 2.56. The average Bonchev–Trinajstić information content (AvgIpc) is 2.82. The Hall–Kier alpha value is -1.69. The lowest BCUT2D eigenvalue weighted by Gasteiger charge is -2.23. The van der Waals surface area contributed by atoms with Crippen molar-refractivity contribution in [1.82, 2.24) is 0 Å². The molecular formula is C14H19N3. The highest BCUT2D eigenvalue weighted by molar-refractivity contribution is 5.62. The largest absolute Gasteiger partial charge is 0.398 e. The van der Waals surface area contributed by atoms with Gasteiger partial charge in [0, 0.05) is 25.0 Å². The molecule has 90 valence electrons. The highest BCUT2D eigenvalue weighted by Gasteiger charge is 2.17. The fraction of sp³-hybridized carbons (Fsp3) is 0.500. The number of anilines is 2. The van der Waals surface area contributed by atoms with Crippen LogP contribution in [0.15, 0.2) is 18.2 Å². The van der Waals surface area contributed by atoms with Crippen LogP contribution in [-0.4, -0.2) is 13.6 Å². The standard InChI is InChI=1S/C14H19N3/c1-17(10-11-4-2-3-5-11)13-6-7-14(16)12(8-13)9-15/h6-8,11H,2-5,10,16H2,1H3. The summed E-state index contributed by atoms with van der Waals surface area (Å²) in [5.74, 6) is 0.808. The Labute approximate surface area is 103 Å². The molecule has 0 aromatic heterocycles. The zero-order valence-electron chi connectivity index (χ0n) is 10.3. The first-order chi connectivity index (χ1) is 8.20. The van der Waals surface area contributed by atoms with Crippen molar-refractivity contribution in [3.8, 4) is 6.07 Å². The van der Waals surface area contributed by atoms with Gasteiger partial charge in [-0.2, -0.15) is 5.26 Å². The third-order valence-electron chi connectivity index (χ3n) is 3.60. The van der Waals surface area contributed by atoms with Crippen LogP contribution < -0.4 is 10.6 Å². The molecule has 1 saturated carbocycles. The van der Waals surface area contributed by atoms with Gasteiger partial charge in [-0.15, -0.1) is 0 Å². The molecule has 0 atom stereocenters. The summed E-state index contributed by atoms with van der Waals surface area (Å²) in [7, 11) is 2.09. The second-order valence-corrected chi connectivity index (χ2v) is 4.91. The number of hydrogen-bond donors (Lipinski definition) is 1. The summed E-state index contributed by atoms with van der Waals surface area (Å²) in [6.07, 6.45) is 5.40. The molecule has 2 rings (SSSR count). The van der Waals surface area contributed by atoms with Crippen LogP contribution in [-0.2, 0) is 0 Å². The van der Waals surface area contributed by atoms with Gasteiger partial charge in [-0.25, -0.2) is 0 Å². The topological polar surface area (TPSA) is 53.0 Å². The van der Waals surface area contributed by atoms with Crippen LogP contribution >= 0.6 is 0 Å². The number of rotatable bonds is 3. The smallest absolute Gasteiger partial charge is 0.101 e. The van der Waals surface area contributed by atoms with Gasteiger partial charge in [0.1, 0.15) is 6.07 Å². The zero-order valence-corrected chi connectivity index (χ0v) is 10.3. The van der Waals surface area contributed by atoms with Gasteiger partial charge >= 0.3 is 0 Å². The molecule has 0 heterocycles. The lowest BCUT2D eigenvalue weighted by molar-refractivity contribution is 0.547. The maximum atomic E-state index is 8.96. The number of nitrogens with two attached hydrogens (primary N) is 1. The fourth-order valence-electron chi connectivity index (χ4n) is 2.56. The Morgan fingerprint density at radius 3 is 2.76 bits per heavy atom. The normalized spacial score (nSPS) is 15.8. The maximum absolute atomic E-state index is 8.96. The SMILES string of the molecule is CN(CC1CCCC1)c1ccc(N)c(C#N)c1. The molecule has 0 amide bonds. The van der Waals surface area contributed by atoms with Gasteiger partial charge in [0.05, 0.1) is 5.56 Å². The molecular weight excluding hydrogens is 210 g/mol. The Kier molecular flexibility index (Phi) is 3.53. The number of nitriles is 1. The van der Waals surface area contributed by atoms with Crippen LogP contribution in [0, 0.1) is 17.2 Å². The van der Waals surface area contributed by atoms with Gasteiger partial charge in [-0.1, -0.05) is 12.8 Å². The van der Waals surface area contributed by atoms with Gasteiger partial charge in [0.25, 0.3) is 0 Å². The van der Waals surface area contributed by atoms with Gasteiger partial charge < -0.3 is 10.6 Å². The van der Waals surface area contributed by atoms with E-state index >= 15 is 0 Å². The Balaban J connectivity index is 2.08. The lowest BCUT2D eigenvalue weighted by Crippen LogP contribution is -2.24. The Bertz CT molecular complexity index is 428. The molecule has 1 fully saturated rings. The van der Waals surface area contributed by atoms with Crippen LogP contribution in [0.25, 0.3) is 0 Å². The molecule has 17 heavy (non-hydrogen) atoms. The van der Waals surface area contributed by atoms with E-state index in [9.17, 15) is 0 Å². The van der Waals surface area contributed by atoms with Crippen molar-refractivity contribution in [3.63, 3.8) is 0 Å². The summed E-state index contributed by atoms with van der Waals surface area (Å²) in [6, 6.07) is 7.82. The molecule has 0 bridgehead atoms. The van der Waals surface area contributed by atoms with E-state index in [1.807, 2.05) is 18.2 Å². The molecule has 0 spiro atoms. The number of hydrogen-bond acceptors (Lipinski definition) is 3. The van der Waals surface area contributed by atoms with E-state index in [1.165, 1.54) is 25.7 Å². The molecule has 1 aliphatic carbocycles. The molecule has 0 unspecified atom stereocenters. The molecule has 1 aromatic carbocycles. The van der Waals surface area contributed by atoms with E-state index in [0.717, 1.165) is 18.2 Å². The molecule has 1 aliphatic rings. The van der Waals surface area contributed by atoms with Crippen molar-refractivity contribution in [1.29, 1.82) is 5.26 Å². The third kappa shape index (κ3) is 2.71. The van der Waals surface area contributed by atoms with Crippen LogP contribution in [0.5, 0.6) is 0 Å². The molecule has 0 aliphatic heterocycles. The zero-order chi connectivity index (χ0) is 12.3. The minimum atomic E-state index is 0.561. The average molecular weight is 229 g/mol. The van der Waals surface area contributed by atoms with E-state index in [-0.39, 0.29) is 0 Å². The molecule has 1 aromatic rings. The van der Waals surface area contributed by atoms with Crippen molar-refractivity contribution in [2.24, 2.45) is 5.92 Å². The van der Waals surface area contributed by atoms with Crippen molar-refractivity contribution in [2.75, 3.05) is 24.2 Å². The second-order valence-electron chi connectivity index (χ2n) is 4.91. The van der Waals surface area contributed by atoms with Crippen molar-refractivity contribution in [2.45, 2.75) is 25.7 Å². The molecule has 2 N–H and O–H groups in total. The molecule has 3 heteroatoms. The Morgan fingerprint density at radius 2 is 2.12 bits per heavy atom. The van der Waals surface area contributed by atoms with Crippen LogP contribution in [0.2, 0.25) is 0 Å². The molecule has 0 radical (unpaired) electrons. The second kappa shape index (κ2) is 5.09. The molecule has 3 nitrogen and oxygen atoms in total. The minimum absolute atomic E-state index is 0.561. The third-order valence-corrected chi connectivity index (χ3v) is 3.60. The summed E-state index contributed by atoms with van der Waals surface area (Å²) in [6.45, 7) is 1.08. The van der Waals surface area contributed by atoms with Crippen molar-refractivity contribution >= 4 is 11.4 Å². The van der Waals surface area contributed by atoms with E-state index in [0.29, 0.717) is 11.3 Å².